The molecule has 2 atom stereocenters. The molecule has 1 aromatic carbocycles. The molecule has 2 heterocycles. The number of hydrogen-bond donors (Lipinski definition) is 1. The van der Waals surface area contributed by atoms with Crippen molar-refractivity contribution in [1.29, 1.82) is 0 Å². The highest BCUT2D eigenvalue weighted by molar-refractivity contribution is 7.89. The number of fused-ring (bicyclic) bond motifs is 2. The fourth-order valence-corrected chi connectivity index (χ4v) is 6.68. The molecule has 2 bridgehead atoms. The lowest BCUT2D eigenvalue weighted by Gasteiger charge is -2.40. The predicted molar refractivity (Wildman–Crippen MR) is 143 cm³/mol. The molecule has 15 heteroatoms. The van der Waals surface area contributed by atoms with Crippen LogP contribution in [0.15, 0.2) is 36.9 Å². The molecular formula is C27H36F3N3O8S. The van der Waals surface area contributed by atoms with Crippen molar-refractivity contribution < 1.29 is 55.1 Å². The van der Waals surface area contributed by atoms with Gasteiger partial charge in [0.2, 0.25) is 10.0 Å². The van der Waals surface area contributed by atoms with Gasteiger partial charge >= 0.3 is 12.1 Å². The lowest BCUT2D eigenvalue weighted by molar-refractivity contribution is -0.925. The number of nitrogens with zero attached hydrogens (tertiary/aromatic N) is 2. The molecule has 0 radical (unpaired) electrons. The first-order chi connectivity index (χ1) is 19.6. The molecule has 2 saturated heterocycles. The van der Waals surface area contributed by atoms with Gasteiger partial charge in [-0.3, -0.25) is 14.4 Å². The molecule has 0 aromatic heterocycles. The third-order valence-electron chi connectivity index (χ3n) is 6.83. The van der Waals surface area contributed by atoms with E-state index >= 15 is 0 Å². The van der Waals surface area contributed by atoms with Gasteiger partial charge in [-0.15, -0.1) is 0 Å². The molecule has 2 fully saturated rings. The number of halogens is 3. The third kappa shape index (κ3) is 10.1. The Balaban J connectivity index is 0.000000782. The number of esters is 1. The van der Waals surface area contributed by atoms with Gasteiger partial charge < -0.3 is 24.4 Å². The molecule has 1 N–H and O–H groups in total. The van der Waals surface area contributed by atoms with Gasteiger partial charge in [0, 0.05) is 24.1 Å². The largest absolute Gasteiger partial charge is 0.542 e. The Bertz CT molecular complexity index is 1240. The normalized spacial score (nSPS) is 19.9. The van der Waals surface area contributed by atoms with Gasteiger partial charge in [0.1, 0.15) is 31.7 Å². The van der Waals surface area contributed by atoms with Gasteiger partial charge in [0.25, 0.3) is 11.8 Å². The first-order valence-corrected chi connectivity index (χ1v) is 15.1. The highest BCUT2D eigenvalue weighted by atomic mass is 32.2. The van der Waals surface area contributed by atoms with Crippen molar-refractivity contribution in [2.24, 2.45) is 0 Å². The second kappa shape index (κ2) is 15.1. The number of amides is 2. The smallest absolute Gasteiger partial charge is 0.430 e. The maximum absolute atomic E-state index is 12.9. The quantitative estimate of drug-likeness (QED) is 0.150. The summed E-state index contributed by atoms with van der Waals surface area (Å²) < 4.78 is 63.8. The van der Waals surface area contributed by atoms with E-state index in [1.54, 1.807) is 12.1 Å². The third-order valence-corrected chi connectivity index (χ3v) is 8.74. The number of hydrogen-bond acceptors (Lipinski definition) is 8. The van der Waals surface area contributed by atoms with Crippen LogP contribution in [0.1, 0.15) is 54.9 Å². The lowest BCUT2D eigenvalue weighted by atomic mass is 10.1. The lowest BCUT2D eigenvalue weighted by Crippen LogP contribution is -2.61. The van der Waals surface area contributed by atoms with Gasteiger partial charge in [-0.1, -0.05) is 44.6 Å². The number of unbranched alkanes of at least 4 members (excludes halogenated alkanes) is 2. The Morgan fingerprint density at radius 3 is 2.43 bits per heavy atom. The van der Waals surface area contributed by atoms with Crippen LogP contribution in [0.4, 0.5) is 13.2 Å². The number of quaternary nitrogens is 1. The van der Waals surface area contributed by atoms with E-state index in [-0.39, 0.29) is 49.7 Å². The zero-order chi connectivity index (χ0) is 31.6. The monoisotopic (exact) mass is 619 g/mol. The van der Waals surface area contributed by atoms with Crippen LogP contribution in [0.25, 0.3) is 0 Å². The average Bonchev–Trinajstić information content (AvgIpc) is 3.23. The first-order valence-electron chi connectivity index (χ1n) is 13.5. The molecule has 1 aromatic rings. The van der Waals surface area contributed by atoms with Gasteiger partial charge in [-0.25, -0.2) is 12.7 Å². The second-order valence-electron chi connectivity index (χ2n) is 10.2. The van der Waals surface area contributed by atoms with Gasteiger partial charge in [-0.05, 0) is 18.6 Å². The summed E-state index contributed by atoms with van der Waals surface area (Å²) in [5.41, 5.74) is 1.47. The number of sulfonamides is 1. The van der Waals surface area contributed by atoms with Gasteiger partial charge in [0.05, 0.1) is 18.7 Å². The number of aliphatic carboxylic acids is 1. The topological polar surface area (TPSA) is 150 Å². The molecule has 11 nitrogen and oxygen atoms in total. The summed E-state index contributed by atoms with van der Waals surface area (Å²) in [6.45, 7) is 7.99. The molecule has 0 spiro atoms. The first kappa shape index (κ1) is 34.7. The van der Waals surface area contributed by atoms with E-state index < -0.39 is 28.1 Å². The van der Waals surface area contributed by atoms with E-state index in [0.717, 1.165) is 24.9 Å². The molecule has 42 heavy (non-hydrogen) atoms. The fraction of sp³-hybridized carbons (Fsp3) is 0.556. The number of ether oxygens (including phenoxy) is 1. The summed E-state index contributed by atoms with van der Waals surface area (Å²) in [6.07, 6.45) is -0.612. The minimum Gasteiger partial charge on any atom is -0.542 e. The summed E-state index contributed by atoms with van der Waals surface area (Å²) in [6, 6.07) is 6.91. The SMILES string of the molecule is C=CCOC(=O)CCNC(=O)c1ccc(C[N+]23CCC(C2)N(S(=O)(=O)CCCCC)C(=O)C3)cc1.O=C([O-])C(F)(F)F. The summed E-state index contributed by atoms with van der Waals surface area (Å²) in [4.78, 5) is 45.5. The highest BCUT2D eigenvalue weighted by Gasteiger charge is 2.52. The van der Waals surface area contributed by atoms with Crippen molar-refractivity contribution in [3.05, 3.63) is 48.0 Å². The van der Waals surface area contributed by atoms with Crippen LogP contribution in [0.2, 0.25) is 0 Å². The standard InChI is InChI=1S/C25H35N3O6S.C2HF3O2/c1-3-5-6-16-35(32,33)27-22-12-14-28(18-22,19-23(27)29)17-20-7-9-21(10-8-20)25(31)26-13-11-24(30)34-15-4-2;3-2(4,5)1(6)7/h4,7-10,22H,2-3,5-6,11-19H2,1H3;(H,6,7). The summed E-state index contributed by atoms with van der Waals surface area (Å²) >= 11 is 0. The number of carbonyl (C=O) groups is 4. The van der Waals surface area contributed by atoms with Crippen LogP contribution < -0.4 is 10.4 Å². The van der Waals surface area contributed by atoms with Crippen molar-refractivity contribution in [2.75, 3.05) is 38.5 Å². The Kier molecular flexibility index (Phi) is 12.5. The zero-order valence-corrected chi connectivity index (χ0v) is 24.2. The number of nitrogens with one attached hydrogen (secondary N) is 1. The van der Waals surface area contributed by atoms with Crippen molar-refractivity contribution >= 4 is 33.8 Å². The molecule has 0 aliphatic carbocycles. The van der Waals surface area contributed by atoms with E-state index in [1.807, 2.05) is 19.1 Å². The molecule has 2 amide bonds. The van der Waals surface area contributed by atoms with Gasteiger partial charge in [0.15, 0.2) is 6.54 Å². The fourth-order valence-electron chi connectivity index (χ4n) is 4.92. The Hall–Kier alpha value is -3.46. The van der Waals surface area contributed by atoms with Crippen LogP contribution >= 0.6 is 0 Å². The second-order valence-corrected chi connectivity index (χ2v) is 12.1. The maximum atomic E-state index is 12.9. The number of rotatable bonds is 13. The van der Waals surface area contributed by atoms with E-state index in [2.05, 4.69) is 11.9 Å². The Labute approximate surface area is 242 Å². The molecule has 2 aliphatic heterocycles. The maximum Gasteiger partial charge on any atom is 0.430 e. The summed E-state index contributed by atoms with van der Waals surface area (Å²) in [5.74, 6) is -3.96. The van der Waals surface area contributed by atoms with Crippen molar-refractivity contribution in [3.8, 4) is 0 Å². The molecule has 0 saturated carbocycles. The van der Waals surface area contributed by atoms with Crippen LogP contribution in [0.5, 0.6) is 0 Å². The van der Waals surface area contributed by atoms with Gasteiger partial charge in [-0.2, -0.15) is 13.2 Å². The molecule has 2 aliphatic rings. The number of carboxylic acids is 1. The molecule has 234 valence electrons. The van der Waals surface area contributed by atoms with Crippen LogP contribution in [0, 0.1) is 0 Å². The number of carbonyl (C=O) groups excluding carboxylic acids is 4. The Morgan fingerprint density at radius 1 is 1.21 bits per heavy atom. The van der Waals surface area contributed by atoms with Crippen LogP contribution in [-0.2, 0) is 35.7 Å². The van der Waals surface area contributed by atoms with Crippen molar-refractivity contribution in [1.82, 2.24) is 9.62 Å². The van der Waals surface area contributed by atoms with Crippen molar-refractivity contribution in [3.63, 3.8) is 0 Å². The molecule has 3 rings (SSSR count). The van der Waals surface area contributed by atoms with Crippen LogP contribution in [-0.4, -0.2) is 91.7 Å². The average molecular weight is 620 g/mol. The van der Waals surface area contributed by atoms with Crippen molar-refractivity contribution in [2.45, 2.75) is 57.8 Å². The number of piperazine rings is 1. The Morgan fingerprint density at radius 2 is 1.86 bits per heavy atom. The predicted octanol–water partition coefficient (Wildman–Crippen LogP) is 1.29. The zero-order valence-electron chi connectivity index (χ0n) is 23.4. The summed E-state index contributed by atoms with van der Waals surface area (Å²) in [5, 5.41) is 11.5. The minimum atomic E-state index is -5.19. The number of alkyl halides is 3. The minimum absolute atomic E-state index is 0.0304. The number of benzene rings is 1. The highest BCUT2D eigenvalue weighted by Crippen LogP contribution is 2.33. The van der Waals surface area contributed by atoms with E-state index in [4.69, 9.17) is 14.6 Å². The van der Waals surface area contributed by atoms with E-state index in [9.17, 15) is 36.0 Å². The number of carboxylic acid groups (broad SMARTS) is 1. The van der Waals surface area contributed by atoms with Crippen LogP contribution in [0.3, 0.4) is 0 Å². The van der Waals surface area contributed by atoms with E-state index in [1.165, 1.54) is 10.4 Å². The molecular weight excluding hydrogens is 583 g/mol. The summed E-state index contributed by atoms with van der Waals surface area (Å²) in [7, 11) is -3.58. The van der Waals surface area contributed by atoms with E-state index in [0.29, 0.717) is 36.0 Å². The molecule has 2 unspecified atom stereocenters.